The molecule has 1 rings (SSSR count). The van der Waals surface area contributed by atoms with Crippen LogP contribution in [-0.4, -0.2) is 55.0 Å². The Bertz CT molecular complexity index is 230. The van der Waals surface area contributed by atoms with Crippen molar-refractivity contribution in [3.05, 3.63) is 12.7 Å². The molecule has 1 aliphatic heterocycles. The van der Waals surface area contributed by atoms with Crippen LogP contribution in [0.15, 0.2) is 12.7 Å². The molecule has 1 aliphatic rings. The Morgan fingerprint density at radius 3 is 2.50 bits per heavy atom. The van der Waals surface area contributed by atoms with Crippen molar-refractivity contribution in [2.45, 2.75) is 13.3 Å². The highest BCUT2D eigenvalue weighted by atomic mass is 16.2. The van der Waals surface area contributed by atoms with Crippen LogP contribution >= 0.6 is 0 Å². The largest absolute Gasteiger partial charge is 0.340 e. The summed E-state index contributed by atoms with van der Waals surface area (Å²) in [6, 6.07) is 0. The summed E-state index contributed by atoms with van der Waals surface area (Å²) in [5.41, 5.74) is 5.59. The molecule has 1 unspecified atom stereocenters. The lowest BCUT2D eigenvalue weighted by atomic mass is 10.0. The van der Waals surface area contributed by atoms with Gasteiger partial charge in [0.15, 0.2) is 0 Å². The zero-order valence-electron chi connectivity index (χ0n) is 10.2. The highest BCUT2D eigenvalue weighted by Gasteiger charge is 2.24. The van der Waals surface area contributed by atoms with E-state index in [0.717, 1.165) is 39.1 Å². The monoisotopic (exact) mass is 225 g/mol. The van der Waals surface area contributed by atoms with Gasteiger partial charge >= 0.3 is 0 Å². The summed E-state index contributed by atoms with van der Waals surface area (Å²) < 4.78 is 0. The highest BCUT2D eigenvalue weighted by molar-refractivity contribution is 5.79. The van der Waals surface area contributed by atoms with Crippen molar-refractivity contribution in [1.82, 2.24) is 9.80 Å². The SMILES string of the molecule is C=CCN1CCN(C(=O)C(CC)CN)CC1. The van der Waals surface area contributed by atoms with Gasteiger partial charge in [0.25, 0.3) is 0 Å². The smallest absolute Gasteiger partial charge is 0.227 e. The van der Waals surface area contributed by atoms with Gasteiger partial charge < -0.3 is 10.6 Å². The second kappa shape index (κ2) is 6.66. The first-order chi connectivity index (χ1) is 7.72. The Morgan fingerprint density at radius 1 is 1.44 bits per heavy atom. The number of hydrogen-bond donors (Lipinski definition) is 1. The van der Waals surface area contributed by atoms with Gasteiger partial charge in [-0.3, -0.25) is 9.69 Å². The van der Waals surface area contributed by atoms with Crippen LogP contribution in [0.2, 0.25) is 0 Å². The molecule has 1 saturated heterocycles. The fourth-order valence-corrected chi connectivity index (χ4v) is 2.03. The van der Waals surface area contributed by atoms with E-state index in [-0.39, 0.29) is 11.8 Å². The van der Waals surface area contributed by atoms with E-state index in [4.69, 9.17) is 5.73 Å². The molecule has 1 fully saturated rings. The van der Waals surface area contributed by atoms with Crippen molar-refractivity contribution in [3.63, 3.8) is 0 Å². The van der Waals surface area contributed by atoms with Crippen LogP contribution in [0, 0.1) is 5.92 Å². The predicted molar refractivity (Wildman–Crippen MR) is 66.1 cm³/mol. The number of rotatable bonds is 5. The molecule has 4 heteroatoms. The van der Waals surface area contributed by atoms with Gasteiger partial charge in [0, 0.05) is 39.3 Å². The zero-order valence-corrected chi connectivity index (χ0v) is 10.2. The fraction of sp³-hybridized carbons (Fsp3) is 0.750. The van der Waals surface area contributed by atoms with Gasteiger partial charge in [0.05, 0.1) is 5.92 Å². The minimum Gasteiger partial charge on any atom is -0.340 e. The summed E-state index contributed by atoms with van der Waals surface area (Å²) in [4.78, 5) is 16.3. The molecule has 0 aromatic heterocycles. The van der Waals surface area contributed by atoms with Gasteiger partial charge in [-0.2, -0.15) is 0 Å². The Labute approximate surface area is 98.1 Å². The van der Waals surface area contributed by atoms with Crippen LogP contribution in [0.5, 0.6) is 0 Å². The predicted octanol–water partition coefficient (Wildman–Crippen LogP) is 0.302. The first-order valence-electron chi connectivity index (χ1n) is 6.05. The molecule has 0 aromatic rings. The van der Waals surface area contributed by atoms with Gasteiger partial charge in [-0.15, -0.1) is 6.58 Å². The minimum absolute atomic E-state index is 0.00551. The topological polar surface area (TPSA) is 49.6 Å². The van der Waals surface area contributed by atoms with Crippen LogP contribution in [0.4, 0.5) is 0 Å². The summed E-state index contributed by atoms with van der Waals surface area (Å²) >= 11 is 0. The van der Waals surface area contributed by atoms with Crippen LogP contribution in [0.3, 0.4) is 0 Å². The zero-order chi connectivity index (χ0) is 12.0. The lowest BCUT2D eigenvalue weighted by molar-refractivity contribution is -0.137. The average molecular weight is 225 g/mol. The molecular formula is C12H23N3O. The van der Waals surface area contributed by atoms with Crippen molar-refractivity contribution >= 4 is 5.91 Å². The first kappa shape index (κ1) is 13.2. The lowest BCUT2D eigenvalue weighted by Gasteiger charge is -2.35. The molecule has 0 aromatic carbocycles. The first-order valence-corrected chi connectivity index (χ1v) is 6.05. The van der Waals surface area contributed by atoms with Crippen molar-refractivity contribution in [3.8, 4) is 0 Å². The maximum atomic E-state index is 12.0. The van der Waals surface area contributed by atoms with E-state index >= 15 is 0 Å². The summed E-state index contributed by atoms with van der Waals surface area (Å²) in [6.07, 6.45) is 2.74. The summed E-state index contributed by atoms with van der Waals surface area (Å²) in [7, 11) is 0. The molecule has 2 N–H and O–H groups in total. The van der Waals surface area contributed by atoms with E-state index in [1.807, 2.05) is 17.9 Å². The maximum Gasteiger partial charge on any atom is 0.227 e. The van der Waals surface area contributed by atoms with Gasteiger partial charge in [-0.1, -0.05) is 13.0 Å². The third kappa shape index (κ3) is 3.32. The van der Waals surface area contributed by atoms with Crippen LogP contribution in [-0.2, 0) is 4.79 Å². The van der Waals surface area contributed by atoms with E-state index in [1.165, 1.54) is 0 Å². The molecule has 1 amide bonds. The lowest BCUT2D eigenvalue weighted by Crippen LogP contribution is -2.51. The number of piperazine rings is 1. The number of hydrogen-bond acceptors (Lipinski definition) is 3. The number of carbonyl (C=O) groups excluding carboxylic acids is 1. The van der Waals surface area contributed by atoms with E-state index in [1.54, 1.807) is 0 Å². The molecule has 0 spiro atoms. The van der Waals surface area contributed by atoms with E-state index in [9.17, 15) is 4.79 Å². The quantitative estimate of drug-likeness (QED) is 0.685. The molecule has 92 valence electrons. The number of amides is 1. The van der Waals surface area contributed by atoms with Gasteiger partial charge in [0.2, 0.25) is 5.91 Å². The van der Waals surface area contributed by atoms with Crippen LogP contribution in [0.25, 0.3) is 0 Å². The normalized spacial score (nSPS) is 19.5. The second-order valence-electron chi connectivity index (χ2n) is 4.26. The summed E-state index contributed by atoms with van der Waals surface area (Å²) in [5, 5.41) is 0. The van der Waals surface area contributed by atoms with Crippen LogP contribution < -0.4 is 5.73 Å². The molecule has 1 atom stereocenters. The molecule has 4 nitrogen and oxygen atoms in total. The van der Waals surface area contributed by atoms with Crippen LogP contribution in [0.1, 0.15) is 13.3 Å². The van der Waals surface area contributed by atoms with Crippen molar-refractivity contribution in [1.29, 1.82) is 0 Å². The van der Waals surface area contributed by atoms with E-state index in [0.29, 0.717) is 6.54 Å². The standard InChI is InChI=1S/C12H23N3O/c1-3-5-14-6-8-15(9-7-14)12(16)11(4-2)10-13/h3,11H,1,4-10,13H2,2H3. The van der Waals surface area contributed by atoms with Crippen molar-refractivity contribution in [2.75, 3.05) is 39.3 Å². The Morgan fingerprint density at radius 2 is 2.06 bits per heavy atom. The second-order valence-corrected chi connectivity index (χ2v) is 4.26. The summed E-state index contributed by atoms with van der Waals surface area (Å²) in [5.74, 6) is 0.231. The van der Waals surface area contributed by atoms with E-state index in [2.05, 4.69) is 11.5 Å². The van der Waals surface area contributed by atoms with Gasteiger partial charge in [-0.05, 0) is 6.42 Å². The Balaban J connectivity index is 2.40. The molecule has 16 heavy (non-hydrogen) atoms. The van der Waals surface area contributed by atoms with Crippen molar-refractivity contribution in [2.24, 2.45) is 11.7 Å². The molecular weight excluding hydrogens is 202 g/mol. The van der Waals surface area contributed by atoms with Crippen molar-refractivity contribution < 1.29 is 4.79 Å². The Kier molecular flexibility index (Phi) is 5.49. The van der Waals surface area contributed by atoms with Gasteiger partial charge in [0.1, 0.15) is 0 Å². The third-order valence-corrected chi connectivity index (χ3v) is 3.20. The molecule has 0 radical (unpaired) electrons. The Hall–Kier alpha value is -0.870. The minimum atomic E-state index is 0.00551. The average Bonchev–Trinajstić information content (AvgIpc) is 2.32. The molecule has 0 aliphatic carbocycles. The number of carbonyl (C=O) groups is 1. The summed E-state index contributed by atoms with van der Waals surface area (Å²) in [6.45, 7) is 10.6. The fourth-order valence-electron chi connectivity index (χ4n) is 2.03. The molecule has 0 bridgehead atoms. The van der Waals surface area contributed by atoms with E-state index < -0.39 is 0 Å². The molecule has 1 heterocycles. The van der Waals surface area contributed by atoms with Gasteiger partial charge in [-0.25, -0.2) is 0 Å². The highest BCUT2D eigenvalue weighted by Crippen LogP contribution is 2.09. The molecule has 0 saturated carbocycles. The maximum absolute atomic E-state index is 12.0. The number of nitrogens with two attached hydrogens (primary N) is 1. The third-order valence-electron chi connectivity index (χ3n) is 3.20. The number of nitrogens with zero attached hydrogens (tertiary/aromatic N) is 2.